The number of hydrogen-bond acceptors (Lipinski definition) is 4. The second kappa shape index (κ2) is 5.99. The van der Waals surface area contributed by atoms with Gasteiger partial charge < -0.3 is 4.74 Å². The number of ether oxygens (including phenoxy) is 1. The van der Waals surface area contributed by atoms with Crippen LogP contribution in [0.5, 0.6) is 0 Å². The largest absolute Gasteiger partial charge is 0.462 e. The van der Waals surface area contributed by atoms with Crippen LogP contribution in [0.25, 0.3) is 11.3 Å². The molecular formula is C13H10Cl2N2O2. The van der Waals surface area contributed by atoms with Crippen LogP contribution in [0.15, 0.2) is 30.3 Å². The van der Waals surface area contributed by atoms with E-state index in [2.05, 4.69) is 9.97 Å². The van der Waals surface area contributed by atoms with Gasteiger partial charge in [-0.15, -0.1) is 0 Å². The molecule has 98 valence electrons. The maximum atomic E-state index is 11.9. The first-order chi connectivity index (χ1) is 9.13. The van der Waals surface area contributed by atoms with E-state index in [4.69, 9.17) is 27.9 Å². The molecule has 0 radical (unpaired) electrons. The van der Waals surface area contributed by atoms with Gasteiger partial charge in [-0.1, -0.05) is 41.9 Å². The van der Waals surface area contributed by atoms with E-state index in [0.717, 1.165) is 5.56 Å². The van der Waals surface area contributed by atoms with E-state index in [1.165, 1.54) is 0 Å². The Kier molecular flexibility index (Phi) is 4.35. The SMILES string of the molecule is CCOC(=O)c1c(Cl)nc(Cl)nc1-c1ccccc1. The lowest BCUT2D eigenvalue weighted by atomic mass is 10.1. The number of carbonyl (C=O) groups is 1. The van der Waals surface area contributed by atoms with Gasteiger partial charge in [-0.2, -0.15) is 0 Å². The first-order valence-electron chi connectivity index (χ1n) is 5.59. The second-order valence-electron chi connectivity index (χ2n) is 3.59. The number of benzene rings is 1. The van der Waals surface area contributed by atoms with Crippen LogP contribution in [-0.4, -0.2) is 22.5 Å². The highest BCUT2D eigenvalue weighted by atomic mass is 35.5. The summed E-state index contributed by atoms with van der Waals surface area (Å²) < 4.78 is 4.96. The first kappa shape index (κ1) is 13.8. The van der Waals surface area contributed by atoms with Gasteiger partial charge in [0, 0.05) is 5.56 Å². The van der Waals surface area contributed by atoms with E-state index in [0.29, 0.717) is 5.69 Å². The molecule has 1 heterocycles. The van der Waals surface area contributed by atoms with Crippen molar-refractivity contribution in [2.24, 2.45) is 0 Å². The Balaban J connectivity index is 2.62. The third-order valence-corrected chi connectivity index (χ3v) is 2.81. The molecule has 0 saturated heterocycles. The van der Waals surface area contributed by atoms with Gasteiger partial charge in [0.25, 0.3) is 0 Å². The van der Waals surface area contributed by atoms with Gasteiger partial charge in [0.2, 0.25) is 5.28 Å². The molecule has 1 aromatic carbocycles. The van der Waals surface area contributed by atoms with Crippen LogP contribution in [-0.2, 0) is 4.74 Å². The molecule has 0 atom stereocenters. The summed E-state index contributed by atoms with van der Waals surface area (Å²) in [4.78, 5) is 19.8. The highest BCUT2D eigenvalue weighted by Crippen LogP contribution is 2.28. The molecule has 0 saturated carbocycles. The van der Waals surface area contributed by atoms with E-state index >= 15 is 0 Å². The van der Waals surface area contributed by atoms with Gasteiger partial charge >= 0.3 is 5.97 Å². The van der Waals surface area contributed by atoms with Crippen molar-refractivity contribution in [3.8, 4) is 11.3 Å². The van der Waals surface area contributed by atoms with Gasteiger partial charge in [0.1, 0.15) is 10.7 Å². The Morgan fingerprint density at radius 1 is 1.21 bits per heavy atom. The first-order valence-corrected chi connectivity index (χ1v) is 6.34. The van der Waals surface area contributed by atoms with E-state index in [-0.39, 0.29) is 22.6 Å². The highest BCUT2D eigenvalue weighted by Gasteiger charge is 2.21. The van der Waals surface area contributed by atoms with Gasteiger partial charge in [0.15, 0.2) is 0 Å². The molecule has 2 rings (SSSR count). The number of rotatable bonds is 3. The van der Waals surface area contributed by atoms with E-state index in [1.807, 2.05) is 18.2 Å². The Hall–Kier alpha value is -1.65. The summed E-state index contributed by atoms with van der Waals surface area (Å²) in [6.45, 7) is 1.96. The maximum absolute atomic E-state index is 11.9. The fourth-order valence-electron chi connectivity index (χ4n) is 1.60. The lowest BCUT2D eigenvalue weighted by Gasteiger charge is -2.09. The minimum Gasteiger partial charge on any atom is -0.462 e. The molecule has 2 aromatic rings. The minimum atomic E-state index is -0.567. The summed E-state index contributed by atoms with van der Waals surface area (Å²) in [7, 11) is 0. The van der Waals surface area contributed by atoms with Crippen molar-refractivity contribution < 1.29 is 9.53 Å². The number of carbonyl (C=O) groups excluding carboxylic acids is 1. The summed E-state index contributed by atoms with van der Waals surface area (Å²) in [5.74, 6) is -0.567. The molecule has 0 fully saturated rings. The van der Waals surface area contributed by atoms with Crippen LogP contribution in [0, 0.1) is 0 Å². The van der Waals surface area contributed by atoms with E-state index in [1.54, 1.807) is 19.1 Å². The molecule has 0 unspecified atom stereocenters. The smallest absolute Gasteiger partial charge is 0.343 e. The average molecular weight is 297 g/mol. The number of aromatic nitrogens is 2. The van der Waals surface area contributed by atoms with Crippen LogP contribution in [0.3, 0.4) is 0 Å². The molecule has 0 aliphatic rings. The lowest BCUT2D eigenvalue weighted by molar-refractivity contribution is 0.0526. The third kappa shape index (κ3) is 3.03. The molecule has 0 aliphatic heterocycles. The van der Waals surface area contributed by atoms with Crippen molar-refractivity contribution in [3.63, 3.8) is 0 Å². The number of hydrogen-bond donors (Lipinski definition) is 0. The quantitative estimate of drug-likeness (QED) is 0.493. The summed E-state index contributed by atoms with van der Waals surface area (Å²) in [5.41, 5.74) is 1.21. The zero-order valence-corrected chi connectivity index (χ0v) is 11.6. The number of esters is 1. The predicted octanol–water partition coefficient (Wildman–Crippen LogP) is 3.63. The van der Waals surface area contributed by atoms with Crippen molar-refractivity contribution in [3.05, 3.63) is 46.3 Å². The van der Waals surface area contributed by atoms with Crippen LogP contribution in [0.2, 0.25) is 10.4 Å². The van der Waals surface area contributed by atoms with Crippen LogP contribution in [0.1, 0.15) is 17.3 Å². The van der Waals surface area contributed by atoms with Crippen LogP contribution in [0.4, 0.5) is 0 Å². The summed E-state index contributed by atoms with van der Waals surface area (Å²) >= 11 is 11.8. The molecule has 0 bridgehead atoms. The zero-order chi connectivity index (χ0) is 13.8. The van der Waals surface area contributed by atoms with Gasteiger partial charge in [-0.05, 0) is 18.5 Å². The molecule has 19 heavy (non-hydrogen) atoms. The average Bonchev–Trinajstić information content (AvgIpc) is 2.39. The molecule has 0 N–H and O–H groups in total. The van der Waals surface area contributed by atoms with Gasteiger partial charge in [0.05, 0.1) is 12.3 Å². The van der Waals surface area contributed by atoms with E-state index in [9.17, 15) is 4.79 Å². The molecule has 0 spiro atoms. The number of nitrogens with zero attached hydrogens (tertiary/aromatic N) is 2. The monoisotopic (exact) mass is 296 g/mol. The van der Waals surface area contributed by atoms with E-state index < -0.39 is 5.97 Å². The highest BCUT2D eigenvalue weighted by molar-refractivity contribution is 6.34. The standard InChI is InChI=1S/C13H10Cl2N2O2/c1-2-19-12(18)9-10(8-6-4-3-5-7-8)16-13(15)17-11(9)14/h3-7H,2H2,1H3. The topological polar surface area (TPSA) is 52.1 Å². The predicted molar refractivity (Wildman–Crippen MR) is 73.4 cm³/mol. The summed E-state index contributed by atoms with van der Waals surface area (Å²) in [6.07, 6.45) is 0. The fraction of sp³-hybridized carbons (Fsp3) is 0.154. The zero-order valence-electron chi connectivity index (χ0n) is 10.1. The Labute approximate surface area is 120 Å². The Morgan fingerprint density at radius 2 is 1.89 bits per heavy atom. The fourth-order valence-corrected chi connectivity index (χ4v) is 2.06. The summed E-state index contributed by atoms with van der Waals surface area (Å²) in [5, 5.41) is -0.0331. The van der Waals surface area contributed by atoms with Crippen molar-refractivity contribution >= 4 is 29.2 Å². The van der Waals surface area contributed by atoms with Crippen molar-refractivity contribution in [1.29, 1.82) is 0 Å². The maximum Gasteiger partial charge on any atom is 0.343 e. The molecule has 0 amide bonds. The lowest BCUT2D eigenvalue weighted by Crippen LogP contribution is -2.10. The van der Waals surface area contributed by atoms with Crippen LogP contribution >= 0.6 is 23.2 Å². The Morgan fingerprint density at radius 3 is 2.53 bits per heavy atom. The Bertz CT molecular complexity index is 603. The molecule has 4 nitrogen and oxygen atoms in total. The minimum absolute atomic E-state index is 0.0164. The number of halogens is 2. The van der Waals surface area contributed by atoms with Gasteiger partial charge in [-0.25, -0.2) is 14.8 Å². The normalized spacial score (nSPS) is 10.3. The summed E-state index contributed by atoms with van der Waals surface area (Å²) in [6, 6.07) is 9.12. The molecule has 0 aliphatic carbocycles. The van der Waals surface area contributed by atoms with Crippen molar-refractivity contribution in [2.45, 2.75) is 6.92 Å². The third-order valence-electron chi connectivity index (χ3n) is 2.36. The van der Waals surface area contributed by atoms with Gasteiger partial charge in [-0.3, -0.25) is 0 Å². The second-order valence-corrected chi connectivity index (χ2v) is 4.29. The van der Waals surface area contributed by atoms with Crippen molar-refractivity contribution in [1.82, 2.24) is 9.97 Å². The van der Waals surface area contributed by atoms with Crippen molar-refractivity contribution in [2.75, 3.05) is 6.61 Å². The van der Waals surface area contributed by atoms with Crippen LogP contribution < -0.4 is 0 Å². The molecule has 6 heteroatoms. The molecular weight excluding hydrogens is 287 g/mol. The molecule has 1 aromatic heterocycles.